The molecule has 1 heterocycles. The van der Waals surface area contributed by atoms with Gasteiger partial charge in [-0.05, 0) is 25.7 Å². The summed E-state index contributed by atoms with van der Waals surface area (Å²) < 4.78 is 0. The van der Waals surface area contributed by atoms with E-state index in [1.165, 1.54) is 0 Å². The van der Waals surface area contributed by atoms with Gasteiger partial charge in [-0.2, -0.15) is 0 Å². The molecule has 18 heavy (non-hydrogen) atoms. The number of nitrogens with two attached hydrogens (primary N) is 1. The molecule has 1 fully saturated rings. The predicted octanol–water partition coefficient (Wildman–Crippen LogP) is 1.35. The van der Waals surface area contributed by atoms with Crippen LogP contribution in [0.25, 0.3) is 0 Å². The molecule has 0 aromatic carbocycles. The molecule has 0 bridgehead atoms. The number of hydrogen-bond acceptors (Lipinski definition) is 3. The Morgan fingerprint density at radius 1 is 1.28 bits per heavy atom. The monoisotopic (exact) mass is 255 g/mol. The highest BCUT2D eigenvalue weighted by atomic mass is 16.2. The summed E-state index contributed by atoms with van der Waals surface area (Å²) in [6.07, 6.45) is 1.98. The second kappa shape index (κ2) is 6.02. The smallest absolute Gasteiger partial charge is 0.237 e. The Bertz CT molecular complexity index is 281. The lowest BCUT2D eigenvalue weighted by atomic mass is 9.79. The second-order valence-corrected chi connectivity index (χ2v) is 5.99. The third-order valence-corrected chi connectivity index (χ3v) is 4.40. The number of likely N-dealkylation sites (tertiary alicyclic amines) is 1. The van der Waals surface area contributed by atoms with Crippen molar-refractivity contribution in [3.05, 3.63) is 0 Å². The van der Waals surface area contributed by atoms with Crippen LogP contribution in [0.15, 0.2) is 0 Å². The number of amides is 1. The Kier molecular flexibility index (Phi) is 5.17. The Morgan fingerprint density at radius 2 is 1.78 bits per heavy atom. The van der Waals surface area contributed by atoms with E-state index in [2.05, 4.69) is 37.9 Å². The highest BCUT2D eigenvalue weighted by Crippen LogP contribution is 2.27. The van der Waals surface area contributed by atoms with E-state index in [4.69, 9.17) is 5.73 Å². The first-order valence-corrected chi connectivity index (χ1v) is 7.17. The quantitative estimate of drug-likeness (QED) is 0.753. The van der Waals surface area contributed by atoms with Crippen molar-refractivity contribution in [3.8, 4) is 0 Å². The Morgan fingerprint density at radius 3 is 2.17 bits per heavy atom. The number of carbonyl (C=O) groups is 1. The Labute approximate surface area is 111 Å². The molecular formula is C14H29N3O. The molecule has 1 amide bonds. The predicted molar refractivity (Wildman–Crippen MR) is 75.3 cm³/mol. The Balaban J connectivity index is 2.43. The van der Waals surface area contributed by atoms with Crippen LogP contribution in [0.1, 0.15) is 47.5 Å². The minimum atomic E-state index is -0.108. The molecule has 1 saturated heterocycles. The van der Waals surface area contributed by atoms with Crippen molar-refractivity contribution in [3.63, 3.8) is 0 Å². The summed E-state index contributed by atoms with van der Waals surface area (Å²) in [6.45, 7) is 12.1. The van der Waals surface area contributed by atoms with Gasteiger partial charge < -0.3 is 11.1 Å². The number of nitrogens with zero attached hydrogens (tertiary/aromatic N) is 1. The normalized spacial score (nSPS) is 20.9. The molecule has 1 unspecified atom stereocenters. The maximum atomic E-state index is 12.1. The first-order valence-electron chi connectivity index (χ1n) is 7.17. The fraction of sp³-hybridized carbons (Fsp3) is 0.929. The molecule has 4 heteroatoms. The standard InChI is InChI=1S/C14H29N3O/c1-6-12(7-2)16-13(18)11(5)17-8-14(15,9-17)10(3)4/h10-12H,6-9,15H2,1-5H3,(H,16,18). The molecule has 0 aromatic heterocycles. The van der Waals surface area contributed by atoms with Crippen molar-refractivity contribution in [2.24, 2.45) is 11.7 Å². The summed E-state index contributed by atoms with van der Waals surface area (Å²) in [4.78, 5) is 14.3. The zero-order valence-corrected chi connectivity index (χ0v) is 12.5. The average Bonchev–Trinajstić information content (AvgIpc) is 2.30. The van der Waals surface area contributed by atoms with Crippen molar-refractivity contribution in [2.45, 2.75) is 65.1 Å². The van der Waals surface area contributed by atoms with Crippen molar-refractivity contribution in [2.75, 3.05) is 13.1 Å². The summed E-state index contributed by atoms with van der Waals surface area (Å²) in [7, 11) is 0. The summed E-state index contributed by atoms with van der Waals surface area (Å²) >= 11 is 0. The molecule has 0 aromatic rings. The third kappa shape index (κ3) is 3.23. The van der Waals surface area contributed by atoms with Crippen LogP contribution in [0.2, 0.25) is 0 Å². The van der Waals surface area contributed by atoms with Crippen molar-refractivity contribution < 1.29 is 4.79 Å². The molecule has 1 aliphatic heterocycles. The van der Waals surface area contributed by atoms with Crippen molar-refractivity contribution in [1.82, 2.24) is 10.2 Å². The van der Waals surface area contributed by atoms with Gasteiger partial charge in [0.25, 0.3) is 0 Å². The van der Waals surface area contributed by atoms with Crippen molar-refractivity contribution >= 4 is 5.91 Å². The van der Waals surface area contributed by atoms with E-state index in [9.17, 15) is 4.79 Å². The van der Waals surface area contributed by atoms with Gasteiger partial charge in [0, 0.05) is 24.7 Å². The zero-order valence-electron chi connectivity index (χ0n) is 12.5. The van der Waals surface area contributed by atoms with Gasteiger partial charge in [-0.25, -0.2) is 0 Å². The van der Waals surface area contributed by atoms with Crippen molar-refractivity contribution in [1.29, 1.82) is 0 Å². The largest absolute Gasteiger partial charge is 0.352 e. The molecule has 0 radical (unpaired) electrons. The van der Waals surface area contributed by atoms with E-state index in [1.54, 1.807) is 0 Å². The minimum Gasteiger partial charge on any atom is -0.352 e. The molecule has 1 rings (SSSR count). The average molecular weight is 255 g/mol. The maximum Gasteiger partial charge on any atom is 0.237 e. The molecule has 1 atom stereocenters. The minimum absolute atomic E-state index is 0.0685. The lowest BCUT2D eigenvalue weighted by Crippen LogP contribution is -2.73. The molecule has 0 saturated carbocycles. The van der Waals surface area contributed by atoms with Gasteiger partial charge >= 0.3 is 0 Å². The number of nitrogens with one attached hydrogen (secondary N) is 1. The Hall–Kier alpha value is -0.610. The first kappa shape index (κ1) is 15.4. The molecule has 0 aliphatic carbocycles. The van der Waals surface area contributed by atoms with Gasteiger partial charge in [-0.15, -0.1) is 0 Å². The van der Waals surface area contributed by atoms with E-state index >= 15 is 0 Å². The fourth-order valence-corrected chi connectivity index (χ4v) is 2.33. The molecule has 4 nitrogen and oxygen atoms in total. The van der Waals surface area contributed by atoms with E-state index in [0.29, 0.717) is 12.0 Å². The van der Waals surface area contributed by atoms with E-state index in [-0.39, 0.29) is 17.5 Å². The van der Waals surface area contributed by atoms with Gasteiger partial charge in [0.15, 0.2) is 0 Å². The van der Waals surface area contributed by atoms with E-state index < -0.39 is 0 Å². The van der Waals surface area contributed by atoms with Gasteiger partial charge in [0.1, 0.15) is 0 Å². The SMILES string of the molecule is CCC(CC)NC(=O)C(C)N1CC(N)(C(C)C)C1. The molecule has 3 N–H and O–H groups in total. The summed E-state index contributed by atoms with van der Waals surface area (Å²) in [6, 6.07) is 0.231. The van der Waals surface area contributed by atoms with Gasteiger partial charge in [-0.3, -0.25) is 9.69 Å². The van der Waals surface area contributed by atoms with Crippen LogP contribution in [0, 0.1) is 5.92 Å². The van der Waals surface area contributed by atoms with E-state index in [0.717, 1.165) is 25.9 Å². The third-order valence-electron chi connectivity index (χ3n) is 4.40. The van der Waals surface area contributed by atoms with E-state index in [1.807, 2.05) is 6.92 Å². The lowest BCUT2D eigenvalue weighted by Gasteiger charge is -2.52. The molecule has 0 spiro atoms. The van der Waals surface area contributed by atoms with Crippen LogP contribution in [-0.2, 0) is 4.79 Å². The highest BCUT2D eigenvalue weighted by molar-refractivity contribution is 5.81. The zero-order chi connectivity index (χ0) is 13.9. The summed E-state index contributed by atoms with van der Waals surface area (Å²) in [5.74, 6) is 0.595. The second-order valence-electron chi connectivity index (χ2n) is 5.99. The van der Waals surface area contributed by atoms with Crippen LogP contribution < -0.4 is 11.1 Å². The summed E-state index contributed by atoms with van der Waals surface area (Å²) in [5.41, 5.74) is 6.15. The van der Waals surface area contributed by atoms with Crippen LogP contribution in [0.5, 0.6) is 0 Å². The topological polar surface area (TPSA) is 58.4 Å². The fourth-order valence-electron chi connectivity index (χ4n) is 2.33. The van der Waals surface area contributed by atoms with Crippen LogP contribution in [0.4, 0.5) is 0 Å². The highest BCUT2D eigenvalue weighted by Gasteiger charge is 2.45. The lowest BCUT2D eigenvalue weighted by molar-refractivity contribution is -0.130. The number of rotatable bonds is 6. The molecular weight excluding hydrogens is 226 g/mol. The van der Waals surface area contributed by atoms with Gasteiger partial charge in [0.05, 0.1) is 6.04 Å². The number of carbonyl (C=O) groups excluding carboxylic acids is 1. The van der Waals surface area contributed by atoms with Crippen LogP contribution >= 0.6 is 0 Å². The molecule has 106 valence electrons. The molecule has 1 aliphatic rings. The van der Waals surface area contributed by atoms with Crippen LogP contribution in [-0.4, -0.2) is 41.5 Å². The summed E-state index contributed by atoms with van der Waals surface area (Å²) in [5, 5.41) is 3.10. The maximum absolute atomic E-state index is 12.1. The van der Waals surface area contributed by atoms with Gasteiger partial charge in [-0.1, -0.05) is 27.7 Å². The van der Waals surface area contributed by atoms with Gasteiger partial charge in [0.2, 0.25) is 5.91 Å². The first-order chi connectivity index (χ1) is 8.34. The van der Waals surface area contributed by atoms with Crippen LogP contribution in [0.3, 0.4) is 0 Å². The number of hydrogen-bond donors (Lipinski definition) is 2.